The quantitative estimate of drug-likeness (QED) is 0.905. The van der Waals surface area contributed by atoms with Gasteiger partial charge in [0.1, 0.15) is 17.1 Å². The Morgan fingerprint density at radius 3 is 3.00 bits per heavy atom. The van der Waals surface area contributed by atoms with Gasteiger partial charge >= 0.3 is 0 Å². The summed E-state index contributed by atoms with van der Waals surface area (Å²) in [6.07, 6.45) is 1.70. The van der Waals surface area contributed by atoms with Gasteiger partial charge in [-0.3, -0.25) is 4.79 Å². The maximum absolute atomic E-state index is 11.6. The molecule has 2 N–H and O–H groups in total. The first-order chi connectivity index (χ1) is 7.65. The van der Waals surface area contributed by atoms with E-state index < -0.39 is 0 Å². The number of nitrogens with one attached hydrogen (secondary N) is 2. The van der Waals surface area contributed by atoms with Gasteiger partial charge in [0.2, 0.25) is 0 Å². The van der Waals surface area contributed by atoms with Crippen LogP contribution in [0.1, 0.15) is 21.9 Å². The Kier molecular flexibility index (Phi) is 3.09. The molecule has 0 spiro atoms. The zero-order valence-electron chi connectivity index (χ0n) is 8.58. The number of H-pyrrole nitrogens is 1. The van der Waals surface area contributed by atoms with Crippen LogP contribution in [0.4, 0.5) is 0 Å². The molecular formula is C10H10BrN3O2. The van der Waals surface area contributed by atoms with Gasteiger partial charge < -0.3 is 14.8 Å². The van der Waals surface area contributed by atoms with Crippen LogP contribution in [0.25, 0.3) is 0 Å². The predicted molar refractivity (Wildman–Crippen MR) is 60.9 cm³/mol. The van der Waals surface area contributed by atoms with Crippen LogP contribution in [0.2, 0.25) is 0 Å². The van der Waals surface area contributed by atoms with Crippen molar-refractivity contribution >= 4 is 21.8 Å². The number of hydrogen-bond donors (Lipinski definition) is 2. The molecule has 0 bridgehead atoms. The van der Waals surface area contributed by atoms with Crippen LogP contribution in [-0.4, -0.2) is 16.0 Å². The molecule has 0 aliphatic rings. The van der Waals surface area contributed by atoms with Crippen molar-refractivity contribution < 1.29 is 9.32 Å². The summed E-state index contributed by atoms with van der Waals surface area (Å²) in [5, 5.41) is 6.51. The lowest BCUT2D eigenvalue weighted by Crippen LogP contribution is -2.23. The zero-order chi connectivity index (χ0) is 11.5. The lowest BCUT2D eigenvalue weighted by molar-refractivity contribution is 0.0945. The van der Waals surface area contributed by atoms with Gasteiger partial charge in [-0.1, -0.05) is 5.16 Å². The largest absolute Gasteiger partial charge is 0.361 e. The molecule has 5 nitrogen and oxygen atoms in total. The number of aromatic nitrogens is 2. The Hall–Kier alpha value is -1.56. The minimum atomic E-state index is -0.175. The molecule has 84 valence electrons. The number of carbonyl (C=O) groups is 1. The summed E-state index contributed by atoms with van der Waals surface area (Å²) < 4.78 is 5.73. The molecule has 0 fully saturated rings. The van der Waals surface area contributed by atoms with Crippen LogP contribution in [0.5, 0.6) is 0 Å². The van der Waals surface area contributed by atoms with Crippen LogP contribution >= 0.6 is 15.9 Å². The van der Waals surface area contributed by atoms with Gasteiger partial charge in [0.15, 0.2) is 0 Å². The third-order valence-corrected chi connectivity index (χ3v) is 2.46. The third-order valence-electron chi connectivity index (χ3n) is 2.00. The number of aromatic amines is 1. The van der Waals surface area contributed by atoms with Crippen molar-refractivity contribution in [2.45, 2.75) is 13.5 Å². The van der Waals surface area contributed by atoms with Crippen molar-refractivity contribution in [2.24, 2.45) is 0 Å². The molecule has 0 radical (unpaired) electrons. The molecule has 0 atom stereocenters. The van der Waals surface area contributed by atoms with E-state index in [4.69, 9.17) is 4.52 Å². The molecule has 1 amide bonds. The van der Waals surface area contributed by atoms with Gasteiger partial charge in [-0.05, 0) is 28.9 Å². The first-order valence-corrected chi connectivity index (χ1v) is 5.49. The summed E-state index contributed by atoms with van der Waals surface area (Å²) in [6.45, 7) is 2.16. The second-order valence-electron chi connectivity index (χ2n) is 3.34. The van der Waals surface area contributed by atoms with E-state index in [-0.39, 0.29) is 5.91 Å². The van der Waals surface area contributed by atoms with Gasteiger partial charge in [0.05, 0.1) is 6.54 Å². The predicted octanol–water partition coefficient (Wildman–Crippen LogP) is 2.00. The van der Waals surface area contributed by atoms with Crippen LogP contribution in [0, 0.1) is 6.92 Å². The van der Waals surface area contributed by atoms with E-state index in [0.717, 1.165) is 10.2 Å². The highest BCUT2D eigenvalue weighted by atomic mass is 79.9. The lowest BCUT2D eigenvalue weighted by atomic mass is 10.3. The van der Waals surface area contributed by atoms with Crippen LogP contribution in [-0.2, 0) is 6.54 Å². The number of carbonyl (C=O) groups excluding carboxylic acids is 1. The summed E-state index contributed by atoms with van der Waals surface area (Å²) in [5.41, 5.74) is 1.21. The van der Waals surface area contributed by atoms with E-state index in [1.807, 2.05) is 0 Å². The second kappa shape index (κ2) is 4.52. The Labute approximate surface area is 100 Å². The summed E-state index contributed by atoms with van der Waals surface area (Å²) in [6, 6.07) is 3.49. The molecule has 2 aromatic heterocycles. The maximum atomic E-state index is 11.6. The molecule has 0 aliphatic heterocycles. The van der Waals surface area contributed by atoms with Crippen molar-refractivity contribution in [3.05, 3.63) is 40.0 Å². The second-order valence-corrected chi connectivity index (χ2v) is 4.26. The Morgan fingerprint density at radius 2 is 2.44 bits per heavy atom. The van der Waals surface area contributed by atoms with Gasteiger partial charge in [-0.15, -0.1) is 0 Å². The lowest BCUT2D eigenvalue weighted by Gasteiger charge is -1.99. The van der Waals surface area contributed by atoms with Crippen LogP contribution in [0.3, 0.4) is 0 Å². The Bertz CT molecular complexity index is 504. The fraction of sp³-hybridized carbons (Fsp3) is 0.200. The number of rotatable bonds is 3. The van der Waals surface area contributed by atoms with E-state index in [2.05, 4.69) is 31.4 Å². The average Bonchev–Trinajstić information content (AvgIpc) is 2.84. The molecule has 0 saturated carbocycles. The monoisotopic (exact) mass is 283 g/mol. The summed E-state index contributed by atoms with van der Waals surface area (Å²) in [5.74, 6) is 0.554. The smallest absolute Gasteiger partial charge is 0.268 e. The molecule has 0 saturated heterocycles. The first kappa shape index (κ1) is 10.9. The van der Waals surface area contributed by atoms with Crippen molar-refractivity contribution in [3.8, 4) is 0 Å². The van der Waals surface area contributed by atoms with Gasteiger partial charge in [-0.2, -0.15) is 0 Å². The molecule has 6 heteroatoms. The Balaban J connectivity index is 1.93. The minimum Gasteiger partial charge on any atom is -0.361 e. The number of halogens is 1. The molecule has 16 heavy (non-hydrogen) atoms. The number of amides is 1. The van der Waals surface area contributed by atoms with Crippen molar-refractivity contribution in [1.29, 1.82) is 0 Å². The molecule has 0 aliphatic carbocycles. The van der Waals surface area contributed by atoms with Gasteiger partial charge in [-0.25, -0.2) is 0 Å². The molecule has 2 aromatic rings. The molecule has 0 aromatic carbocycles. The van der Waals surface area contributed by atoms with Crippen molar-refractivity contribution in [1.82, 2.24) is 15.5 Å². The van der Waals surface area contributed by atoms with E-state index in [9.17, 15) is 4.79 Å². The maximum Gasteiger partial charge on any atom is 0.268 e. The normalized spacial score (nSPS) is 10.4. The fourth-order valence-corrected chi connectivity index (χ4v) is 1.61. The molecule has 2 rings (SSSR count). The molecular weight excluding hydrogens is 274 g/mol. The van der Waals surface area contributed by atoms with E-state index in [1.165, 1.54) is 0 Å². The van der Waals surface area contributed by atoms with Gasteiger partial charge in [0, 0.05) is 16.7 Å². The SMILES string of the molecule is Cc1cc(CNC(=O)c2cc(Br)c[nH]2)no1. The van der Waals surface area contributed by atoms with E-state index in [1.54, 1.807) is 25.3 Å². The highest BCUT2D eigenvalue weighted by Crippen LogP contribution is 2.10. The molecule has 2 heterocycles. The number of aryl methyl sites for hydroxylation is 1. The fourth-order valence-electron chi connectivity index (χ4n) is 1.27. The van der Waals surface area contributed by atoms with Crippen molar-refractivity contribution in [3.63, 3.8) is 0 Å². The number of hydrogen-bond acceptors (Lipinski definition) is 3. The van der Waals surface area contributed by atoms with E-state index in [0.29, 0.717) is 17.9 Å². The number of nitrogens with zero attached hydrogens (tertiary/aromatic N) is 1. The zero-order valence-corrected chi connectivity index (χ0v) is 10.2. The van der Waals surface area contributed by atoms with E-state index >= 15 is 0 Å². The summed E-state index contributed by atoms with van der Waals surface area (Å²) >= 11 is 3.26. The van der Waals surface area contributed by atoms with Crippen molar-refractivity contribution in [2.75, 3.05) is 0 Å². The topological polar surface area (TPSA) is 70.9 Å². The highest BCUT2D eigenvalue weighted by molar-refractivity contribution is 9.10. The highest BCUT2D eigenvalue weighted by Gasteiger charge is 2.08. The third kappa shape index (κ3) is 2.52. The summed E-state index contributed by atoms with van der Waals surface area (Å²) in [4.78, 5) is 14.5. The molecule has 0 unspecified atom stereocenters. The summed E-state index contributed by atoms with van der Waals surface area (Å²) in [7, 11) is 0. The average molecular weight is 284 g/mol. The van der Waals surface area contributed by atoms with Gasteiger partial charge in [0.25, 0.3) is 5.91 Å². The first-order valence-electron chi connectivity index (χ1n) is 4.69. The standard InChI is InChI=1S/C10H10BrN3O2/c1-6-2-8(14-16-6)5-13-10(15)9-3-7(11)4-12-9/h2-4,12H,5H2,1H3,(H,13,15). The Morgan fingerprint density at radius 1 is 1.62 bits per heavy atom. The van der Waals surface area contributed by atoms with Crippen LogP contribution in [0.15, 0.2) is 27.3 Å². The minimum absolute atomic E-state index is 0.175. The van der Waals surface area contributed by atoms with Crippen LogP contribution < -0.4 is 5.32 Å².